The highest BCUT2D eigenvalue weighted by molar-refractivity contribution is 9.10. The van der Waals surface area contributed by atoms with Crippen LogP contribution in [-0.4, -0.2) is 4.92 Å². The molecular formula is C9H4BrF3N2O2. The molecular weight excluding hydrogens is 305 g/mol. The van der Waals surface area contributed by atoms with Gasteiger partial charge in [0.1, 0.15) is 5.56 Å². The minimum Gasteiger partial charge on any atom is -0.258 e. The van der Waals surface area contributed by atoms with E-state index in [1.54, 1.807) is 6.07 Å². The number of nitriles is 1. The predicted octanol–water partition coefficient (Wildman–Crippen LogP) is 3.44. The maximum atomic E-state index is 12.6. The third kappa shape index (κ3) is 2.94. The molecule has 0 bridgehead atoms. The number of rotatable bonds is 2. The molecule has 90 valence electrons. The Morgan fingerprint density at radius 1 is 1.47 bits per heavy atom. The predicted molar refractivity (Wildman–Crippen MR) is 55.1 cm³/mol. The zero-order valence-corrected chi connectivity index (χ0v) is 9.67. The van der Waals surface area contributed by atoms with Gasteiger partial charge in [-0.2, -0.15) is 18.4 Å². The molecule has 1 aromatic rings. The van der Waals surface area contributed by atoms with Gasteiger partial charge in [-0.15, -0.1) is 0 Å². The van der Waals surface area contributed by atoms with Crippen LogP contribution in [0.1, 0.15) is 11.1 Å². The summed E-state index contributed by atoms with van der Waals surface area (Å²) < 4.78 is 37.8. The van der Waals surface area contributed by atoms with Crippen LogP contribution in [0.3, 0.4) is 0 Å². The van der Waals surface area contributed by atoms with Crippen molar-refractivity contribution in [3.8, 4) is 6.07 Å². The third-order valence-corrected chi connectivity index (χ3v) is 2.67. The molecule has 0 amide bonds. The molecule has 0 aromatic heterocycles. The van der Waals surface area contributed by atoms with Crippen LogP contribution in [0.4, 0.5) is 18.9 Å². The smallest absolute Gasteiger partial charge is 0.258 e. The van der Waals surface area contributed by atoms with Gasteiger partial charge in [-0.1, -0.05) is 15.9 Å². The molecule has 0 aliphatic carbocycles. The normalized spacial score (nSPS) is 11.0. The molecule has 8 heteroatoms. The van der Waals surface area contributed by atoms with Crippen LogP contribution in [0.5, 0.6) is 0 Å². The van der Waals surface area contributed by atoms with Crippen molar-refractivity contribution in [2.75, 3.05) is 0 Å². The monoisotopic (exact) mass is 308 g/mol. The van der Waals surface area contributed by atoms with E-state index < -0.39 is 22.4 Å². The summed E-state index contributed by atoms with van der Waals surface area (Å²) in [6.07, 6.45) is -5.09. The number of nitro groups is 1. The van der Waals surface area contributed by atoms with Crippen molar-refractivity contribution in [1.29, 1.82) is 5.26 Å². The fourth-order valence-electron chi connectivity index (χ4n) is 1.21. The van der Waals surface area contributed by atoms with E-state index in [-0.39, 0.29) is 16.5 Å². The van der Waals surface area contributed by atoms with Gasteiger partial charge < -0.3 is 0 Å². The topological polar surface area (TPSA) is 66.9 Å². The third-order valence-electron chi connectivity index (χ3n) is 1.94. The lowest BCUT2D eigenvalue weighted by Crippen LogP contribution is -2.10. The number of nitrogens with zero attached hydrogens (tertiary/aromatic N) is 2. The average Bonchev–Trinajstić information content (AvgIpc) is 2.18. The Balaban J connectivity index is 3.49. The van der Waals surface area contributed by atoms with Gasteiger partial charge >= 0.3 is 6.18 Å². The van der Waals surface area contributed by atoms with Gasteiger partial charge in [-0.05, 0) is 11.6 Å². The Morgan fingerprint density at radius 3 is 2.47 bits per heavy atom. The van der Waals surface area contributed by atoms with Gasteiger partial charge in [-0.3, -0.25) is 10.1 Å². The number of benzene rings is 1. The van der Waals surface area contributed by atoms with E-state index in [4.69, 9.17) is 5.26 Å². The van der Waals surface area contributed by atoms with Crippen LogP contribution < -0.4 is 0 Å². The second-order valence-corrected chi connectivity index (χ2v) is 3.90. The van der Waals surface area contributed by atoms with E-state index in [0.717, 1.165) is 6.07 Å². The van der Waals surface area contributed by atoms with Crippen molar-refractivity contribution < 1.29 is 18.1 Å². The first-order valence-electron chi connectivity index (χ1n) is 4.18. The van der Waals surface area contributed by atoms with Gasteiger partial charge in [0.15, 0.2) is 0 Å². The summed E-state index contributed by atoms with van der Waals surface area (Å²) >= 11 is 2.89. The van der Waals surface area contributed by atoms with E-state index in [1.165, 1.54) is 0 Å². The summed E-state index contributed by atoms with van der Waals surface area (Å²) in [5, 5.41) is 18.9. The number of hydrogen-bond donors (Lipinski definition) is 0. The lowest BCUT2D eigenvalue weighted by molar-refractivity contribution is -0.388. The van der Waals surface area contributed by atoms with Crippen LogP contribution in [0.25, 0.3) is 0 Å². The van der Waals surface area contributed by atoms with Crippen molar-refractivity contribution in [3.63, 3.8) is 0 Å². The Labute approximate surface area is 102 Å². The Bertz CT molecular complexity index is 508. The van der Waals surface area contributed by atoms with Crippen LogP contribution in [-0.2, 0) is 12.6 Å². The molecule has 17 heavy (non-hydrogen) atoms. The minimum absolute atomic E-state index is 0.0606. The fourth-order valence-corrected chi connectivity index (χ4v) is 1.68. The zero-order chi connectivity index (χ0) is 13.2. The van der Waals surface area contributed by atoms with Crippen LogP contribution in [0.2, 0.25) is 0 Å². The highest BCUT2D eigenvalue weighted by atomic mass is 79.9. The van der Waals surface area contributed by atoms with Crippen LogP contribution in [0.15, 0.2) is 16.6 Å². The van der Waals surface area contributed by atoms with Crippen LogP contribution in [0, 0.1) is 21.4 Å². The fraction of sp³-hybridized carbons (Fsp3) is 0.222. The molecule has 0 fully saturated rings. The highest BCUT2D eigenvalue weighted by Gasteiger charge is 2.38. The van der Waals surface area contributed by atoms with Crippen molar-refractivity contribution in [2.45, 2.75) is 12.6 Å². The van der Waals surface area contributed by atoms with Crippen LogP contribution >= 0.6 is 15.9 Å². The van der Waals surface area contributed by atoms with Crippen molar-refractivity contribution in [1.82, 2.24) is 0 Å². The zero-order valence-electron chi connectivity index (χ0n) is 8.08. The van der Waals surface area contributed by atoms with E-state index in [9.17, 15) is 23.3 Å². The first-order valence-corrected chi connectivity index (χ1v) is 4.97. The van der Waals surface area contributed by atoms with Gasteiger partial charge in [0.25, 0.3) is 5.69 Å². The first-order chi connectivity index (χ1) is 7.77. The quantitative estimate of drug-likeness (QED) is 0.621. The number of hydrogen-bond acceptors (Lipinski definition) is 3. The molecule has 4 nitrogen and oxygen atoms in total. The van der Waals surface area contributed by atoms with E-state index in [2.05, 4.69) is 15.9 Å². The molecule has 0 radical (unpaired) electrons. The SMILES string of the molecule is N#CCc1cc(C(F)(F)F)c([N+](=O)[O-])cc1Br. The number of nitro benzene ring substituents is 1. The Kier molecular flexibility index (Phi) is 3.72. The minimum atomic E-state index is -4.83. The molecule has 0 heterocycles. The van der Waals surface area contributed by atoms with E-state index in [1.807, 2.05) is 0 Å². The summed E-state index contributed by atoms with van der Waals surface area (Å²) in [5.41, 5.74) is -2.33. The highest BCUT2D eigenvalue weighted by Crippen LogP contribution is 2.39. The van der Waals surface area contributed by atoms with Gasteiger partial charge in [-0.25, -0.2) is 0 Å². The van der Waals surface area contributed by atoms with Gasteiger partial charge in [0.2, 0.25) is 0 Å². The van der Waals surface area contributed by atoms with Crippen molar-refractivity contribution in [3.05, 3.63) is 37.8 Å². The molecule has 0 atom stereocenters. The summed E-state index contributed by atoms with van der Waals surface area (Å²) in [4.78, 5) is 9.40. The standard InChI is InChI=1S/C9H4BrF3N2O2/c10-7-4-8(15(16)17)6(9(11,12)13)3-5(7)1-2-14/h3-4H,1H2. The molecule has 0 saturated heterocycles. The Morgan fingerprint density at radius 2 is 2.06 bits per heavy atom. The Hall–Kier alpha value is -1.62. The molecule has 1 aromatic carbocycles. The number of alkyl halides is 3. The molecule has 1 rings (SSSR count). The molecule has 0 N–H and O–H groups in total. The summed E-state index contributed by atoms with van der Waals surface area (Å²) in [6.45, 7) is 0. The van der Waals surface area contributed by atoms with E-state index >= 15 is 0 Å². The summed E-state index contributed by atoms with van der Waals surface area (Å²) in [7, 11) is 0. The van der Waals surface area contributed by atoms with Gasteiger partial charge in [0, 0.05) is 10.5 Å². The maximum absolute atomic E-state index is 12.6. The summed E-state index contributed by atoms with van der Waals surface area (Å²) in [6, 6.07) is 3.06. The molecule has 0 aliphatic heterocycles. The van der Waals surface area contributed by atoms with Crippen molar-refractivity contribution >= 4 is 21.6 Å². The second kappa shape index (κ2) is 4.71. The molecule has 0 unspecified atom stereocenters. The van der Waals surface area contributed by atoms with Crippen molar-refractivity contribution in [2.24, 2.45) is 0 Å². The largest absolute Gasteiger partial charge is 0.423 e. The molecule has 0 saturated carbocycles. The first kappa shape index (κ1) is 13.4. The summed E-state index contributed by atoms with van der Waals surface area (Å²) in [5.74, 6) is 0. The second-order valence-electron chi connectivity index (χ2n) is 3.05. The maximum Gasteiger partial charge on any atom is 0.423 e. The average molecular weight is 309 g/mol. The molecule has 0 spiro atoms. The lowest BCUT2D eigenvalue weighted by atomic mass is 10.1. The van der Waals surface area contributed by atoms with Gasteiger partial charge in [0.05, 0.1) is 17.4 Å². The molecule has 0 aliphatic rings. The number of halogens is 4. The van der Waals surface area contributed by atoms with E-state index in [0.29, 0.717) is 6.07 Å². The lowest BCUT2D eigenvalue weighted by Gasteiger charge is -2.09.